The molecule has 1 saturated carbocycles. The second kappa shape index (κ2) is 6.68. The van der Waals surface area contributed by atoms with E-state index in [4.69, 9.17) is 0 Å². The van der Waals surface area contributed by atoms with E-state index in [1.165, 1.54) is 18.6 Å². The van der Waals surface area contributed by atoms with Gasteiger partial charge in [-0.25, -0.2) is 22.8 Å². The van der Waals surface area contributed by atoms with Crippen LogP contribution in [-0.2, 0) is 10.0 Å². The number of rotatable bonds is 4. The Bertz CT molecular complexity index is 633. The van der Waals surface area contributed by atoms with Crippen molar-refractivity contribution in [3.05, 3.63) is 18.2 Å². The molecule has 1 aliphatic heterocycles. The van der Waals surface area contributed by atoms with Gasteiger partial charge in [0.2, 0.25) is 16.0 Å². The highest BCUT2D eigenvalue weighted by Crippen LogP contribution is 2.32. The largest absolute Gasteiger partial charge is 0.341 e. The molecule has 0 bridgehead atoms. The van der Waals surface area contributed by atoms with Crippen LogP contribution >= 0.6 is 0 Å². The van der Waals surface area contributed by atoms with Gasteiger partial charge in [0, 0.05) is 25.2 Å². The number of sulfonamides is 1. The molecule has 6 nitrogen and oxygen atoms in total. The number of hydrogen-bond donors (Lipinski definition) is 0. The third-order valence-electron chi connectivity index (χ3n) is 4.76. The lowest BCUT2D eigenvalue weighted by atomic mass is 9.91. The second-order valence-electron chi connectivity index (χ2n) is 6.45. The van der Waals surface area contributed by atoms with E-state index in [0.29, 0.717) is 12.5 Å². The molecule has 1 saturated heterocycles. The topological polar surface area (TPSA) is 66.4 Å². The maximum Gasteiger partial charge on any atom is 0.225 e. The highest BCUT2D eigenvalue weighted by Gasteiger charge is 2.37. The first kappa shape index (κ1) is 16.6. The molecule has 2 fully saturated rings. The van der Waals surface area contributed by atoms with E-state index in [1.807, 2.05) is 4.90 Å². The summed E-state index contributed by atoms with van der Waals surface area (Å²) in [6.07, 6.45) is 9.18. The lowest BCUT2D eigenvalue weighted by molar-refractivity contribution is 0.164. The van der Waals surface area contributed by atoms with Crippen molar-refractivity contribution in [2.75, 3.05) is 24.2 Å². The van der Waals surface area contributed by atoms with Crippen molar-refractivity contribution in [1.29, 1.82) is 0 Å². The van der Waals surface area contributed by atoms with Gasteiger partial charge >= 0.3 is 0 Å². The first-order valence-corrected chi connectivity index (χ1v) is 10.0. The SMILES string of the molecule is CS(=O)(=O)N(C1CCC1)C1CCCN(c2ncc(F)cn2)CC1. The van der Waals surface area contributed by atoms with E-state index in [1.54, 1.807) is 4.31 Å². The monoisotopic (exact) mass is 342 g/mol. The molecule has 128 valence electrons. The van der Waals surface area contributed by atoms with Crippen molar-refractivity contribution >= 4 is 16.0 Å². The number of hydrogen-bond acceptors (Lipinski definition) is 5. The second-order valence-corrected chi connectivity index (χ2v) is 8.34. The summed E-state index contributed by atoms with van der Waals surface area (Å²) in [7, 11) is -3.19. The minimum absolute atomic E-state index is 0.0424. The maximum absolute atomic E-state index is 13.0. The number of halogens is 1. The Hall–Kier alpha value is -1.28. The fourth-order valence-electron chi connectivity index (χ4n) is 3.48. The van der Waals surface area contributed by atoms with Crippen molar-refractivity contribution in [2.24, 2.45) is 0 Å². The normalized spacial score (nSPS) is 23.6. The molecule has 1 aromatic heterocycles. The van der Waals surface area contributed by atoms with Crippen LogP contribution in [-0.4, -0.2) is 54.1 Å². The summed E-state index contributed by atoms with van der Waals surface area (Å²) in [5.74, 6) is 0.0660. The molecule has 0 aromatic carbocycles. The van der Waals surface area contributed by atoms with Gasteiger partial charge in [-0.3, -0.25) is 0 Å². The van der Waals surface area contributed by atoms with Crippen molar-refractivity contribution in [1.82, 2.24) is 14.3 Å². The molecule has 1 unspecified atom stereocenters. The Morgan fingerprint density at radius 3 is 2.26 bits per heavy atom. The molecule has 2 aliphatic rings. The predicted molar refractivity (Wildman–Crippen MR) is 86.2 cm³/mol. The van der Waals surface area contributed by atoms with Gasteiger partial charge in [0.1, 0.15) is 0 Å². The summed E-state index contributed by atoms with van der Waals surface area (Å²) in [4.78, 5) is 10.1. The average molecular weight is 342 g/mol. The Labute approximate surface area is 136 Å². The van der Waals surface area contributed by atoms with Crippen LogP contribution in [0.5, 0.6) is 0 Å². The smallest absolute Gasteiger partial charge is 0.225 e. The Balaban J connectivity index is 1.71. The van der Waals surface area contributed by atoms with Crippen LogP contribution in [0.1, 0.15) is 38.5 Å². The quantitative estimate of drug-likeness (QED) is 0.834. The molecule has 8 heteroatoms. The summed E-state index contributed by atoms with van der Waals surface area (Å²) < 4.78 is 39.1. The Morgan fingerprint density at radius 1 is 1.09 bits per heavy atom. The summed E-state index contributed by atoms with van der Waals surface area (Å²) in [5, 5.41) is 0. The Kier molecular flexibility index (Phi) is 4.82. The van der Waals surface area contributed by atoms with E-state index < -0.39 is 15.8 Å². The fourth-order valence-corrected chi connectivity index (χ4v) is 4.99. The summed E-state index contributed by atoms with van der Waals surface area (Å²) in [6, 6.07) is 0.212. The minimum atomic E-state index is -3.19. The van der Waals surface area contributed by atoms with E-state index in [9.17, 15) is 12.8 Å². The van der Waals surface area contributed by atoms with Gasteiger partial charge in [-0.2, -0.15) is 4.31 Å². The van der Waals surface area contributed by atoms with Crippen molar-refractivity contribution in [3.63, 3.8) is 0 Å². The number of anilines is 1. The van der Waals surface area contributed by atoms with Crippen LogP contribution in [0.4, 0.5) is 10.3 Å². The molecule has 0 radical (unpaired) electrons. The average Bonchev–Trinajstić information content (AvgIpc) is 2.68. The third kappa shape index (κ3) is 3.80. The van der Waals surface area contributed by atoms with Crippen LogP contribution < -0.4 is 4.90 Å². The first-order chi connectivity index (χ1) is 10.9. The zero-order chi connectivity index (χ0) is 16.4. The van der Waals surface area contributed by atoms with Crippen molar-refractivity contribution in [3.8, 4) is 0 Å². The van der Waals surface area contributed by atoms with Crippen LogP contribution in [0.3, 0.4) is 0 Å². The molecular formula is C15H23FN4O2S. The van der Waals surface area contributed by atoms with Crippen LogP contribution in [0.2, 0.25) is 0 Å². The Morgan fingerprint density at radius 2 is 1.70 bits per heavy atom. The van der Waals surface area contributed by atoms with Crippen molar-refractivity contribution in [2.45, 2.75) is 50.6 Å². The van der Waals surface area contributed by atoms with Gasteiger partial charge in [0.15, 0.2) is 5.82 Å². The lowest BCUT2D eigenvalue weighted by Crippen LogP contribution is -2.49. The number of nitrogens with zero attached hydrogens (tertiary/aromatic N) is 4. The van der Waals surface area contributed by atoms with Crippen molar-refractivity contribution < 1.29 is 12.8 Å². The zero-order valence-electron chi connectivity index (χ0n) is 13.4. The van der Waals surface area contributed by atoms with E-state index >= 15 is 0 Å². The van der Waals surface area contributed by atoms with E-state index in [-0.39, 0.29) is 12.1 Å². The van der Waals surface area contributed by atoms with Gasteiger partial charge < -0.3 is 4.90 Å². The van der Waals surface area contributed by atoms with Gasteiger partial charge in [-0.15, -0.1) is 0 Å². The molecule has 1 atom stereocenters. The summed E-state index contributed by atoms with van der Waals surface area (Å²) in [5.41, 5.74) is 0. The molecule has 0 N–H and O–H groups in total. The van der Waals surface area contributed by atoms with E-state index in [0.717, 1.165) is 45.1 Å². The van der Waals surface area contributed by atoms with Gasteiger partial charge in [-0.1, -0.05) is 6.42 Å². The maximum atomic E-state index is 13.0. The van der Waals surface area contributed by atoms with Crippen LogP contribution in [0.15, 0.2) is 12.4 Å². The molecule has 1 aliphatic carbocycles. The first-order valence-electron chi connectivity index (χ1n) is 8.16. The standard InChI is InChI=1S/C15H23FN4O2S/c1-23(21,22)20(13-4-2-5-13)14-6-3-8-19(9-7-14)15-17-10-12(16)11-18-15/h10-11,13-14H,2-9H2,1H3. The number of aromatic nitrogens is 2. The van der Waals surface area contributed by atoms with E-state index in [2.05, 4.69) is 9.97 Å². The molecule has 3 rings (SSSR count). The van der Waals surface area contributed by atoms with Crippen LogP contribution in [0, 0.1) is 5.82 Å². The zero-order valence-corrected chi connectivity index (χ0v) is 14.2. The molecular weight excluding hydrogens is 319 g/mol. The molecule has 1 aromatic rings. The highest BCUT2D eigenvalue weighted by atomic mass is 32.2. The third-order valence-corrected chi connectivity index (χ3v) is 6.13. The lowest BCUT2D eigenvalue weighted by Gasteiger charge is -2.40. The van der Waals surface area contributed by atoms with Gasteiger partial charge in [-0.05, 0) is 32.1 Å². The van der Waals surface area contributed by atoms with Gasteiger partial charge in [0.25, 0.3) is 0 Å². The summed E-state index contributed by atoms with van der Waals surface area (Å²) >= 11 is 0. The molecule has 23 heavy (non-hydrogen) atoms. The molecule has 2 heterocycles. The molecule has 0 amide bonds. The summed E-state index contributed by atoms with van der Waals surface area (Å²) in [6.45, 7) is 1.46. The predicted octanol–water partition coefficient (Wildman–Crippen LogP) is 1.79. The fraction of sp³-hybridized carbons (Fsp3) is 0.733. The van der Waals surface area contributed by atoms with Gasteiger partial charge in [0.05, 0.1) is 18.6 Å². The molecule has 0 spiro atoms. The minimum Gasteiger partial charge on any atom is -0.341 e. The highest BCUT2D eigenvalue weighted by molar-refractivity contribution is 7.88. The van der Waals surface area contributed by atoms with Crippen LogP contribution in [0.25, 0.3) is 0 Å².